The maximum Gasteiger partial charge on any atom is 0.140 e. The predicted octanol–water partition coefficient (Wildman–Crippen LogP) is 2.87. The van der Waals surface area contributed by atoms with E-state index in [1.807, 2.05) is 26.8 Å². The fraction of sp³-hybridized carbons (Fsp3) is 0.850. The normalized spacial score (nSPS) is 54.8. The zero-order valence-corrected chi connectivity index (χ0v) is 15.5. The van der Waals surface area contributed by atoms with Gasteiger partial charge in [-0.2, -0.15) is 0 Å². The Kier molecular flexibility index (Phi) is 4.06. The first kappa shape index (κ1) is 18.1. The molecule has 7 atom stereocenters. The van der Waals surface area contributed by atoms with Gasteiger partial charge in [0.2, 0.25) is 0 Å². The van der Waals surface area contributed by atoms with Gasteiger partial charge in [-0.3, -0.25) is 4.79 Å². The minimum absolute atomic E-state index is 0.0135. The minimum Gasteiger partial charge on any atom is -0.396 e. The van der Waals surface area contributed by atoms with Crippen LogP contribution in [0.25, 0.3) is 0 Å². The number of hydrogen-bond donors (Lipinski definition) is 2. The molecule has 1 saturated heterocycles. The van der Waals surface area contributed by atoms with Crippen LogP contribution >= 0.6 is 0 Å². The first-order chi connectivity index (χ1) is 11.0. The Bertz CT molecular complexity index is 560. The van der Waals surface area contributed by atoms with Crippen LogP contribution in [0.4, 0.5) is 0 Å². The summed E-state index contributed by atoms with van der Waals surface area (Å²) in [4.78, 5) is 13.2. The van der Waals surface area contributed by atoms with Gasteiger partial charge in [-0.15, -0.1) is 6.58 Å². The summed E-state index contributed by atoms with van der Waals surface area (Å²) < 4.78 is 6.44. The monoisotopic (exact) mass is 336 g/mol. The SMILES string of the molecule is C=C[C@@]1(C)CCC2[C@]3(C)[C@H](O)CCC(C)(CO)[C@@H]3C(=O)C[C@]2(C)O1. The third-order valence-corrected chi connectivity index (χ3v) is 7.55. The number of carbonyl (C=O) groups is 1. The Labute approximate surface area is 145 Å². The van der Waals surface area contributed by atoms with Crippen molar-refractivity contribution in [1.82, 2.24) is 0 Å². The summed E-state index contributed by atoms with van der Waals surface area (Å²) in [5.41, 5.74) is -2.01. The fourth-order valence-corrected chi connectivity index (χ4v) is 6.32. The number of Topliss-reactive ketones (excluding diaryl/α,β-unsaturated/α-hetero) is 1. The Morgan fingerprint density at radius 1 is 1.25 bits per heavy atom. The predicted molar refractivity (Wildman–Crippen MR) is 92.5 cm³/mol. The summed E-state index contributed by atoms with van der Waals surface area (Å²) in [7, 11) is 0. The molecule has 2 N–H and O–H groups in total. The van der Waals surface area contributed by atoms with E-state index in [1.54, 1.807) is 0 Å². The van der Waals surface area contributed by atoms with Crippen LogP contribution in [0.3, 0.4) is 0 Å². The molecule has 2 aliphatic carbocycles. The van der Waals surface area contributed by atoms with Gasteiger partial charge < -0.3 is 14.9 Å². The Morgan fingerprint density at radius 2 is 1.92 bits per heavy atom. The summed E-state index contributed by atoms with van der Waals surface area (Å²) in [6.45, 7) is 12.0. The van der Waals surface area contributed by atoms with E-state index < -0.39 is 28.1 Å². The summed E-state index contributed by atoms with van der Waals surface area (Å²) in [5.74, 6) is -0.0877. The van der Waals surface area contributed by atoms with E-state index in [0.29, 0.717) is 19.3 Å². The highest BCUT2D eigenvalue weighted by Crippen LogP contribution is 2.64. The van der Waals surface area contributed by atoms with Gasteiger partial charge in [0.25, 0.3) is 0 Å². The van der Waals surface area contributed by atoms with Gasteiger partial charge in [0, 0.05) is 29.8 Å². The van der Waals surface area contributed by atoms with Gasteiger partial charge in [0.1, 0.15) is 5.78 Å². The second-order valence-electron chi connectivity index (χ2n) is 9.33. The van der Waals surface area contributed by atoms with Crippen LogP contribution in [0.15, 0.2) is 12.7 Å². The van der Waals surface area contributed by atoms with E-state index in [9.17, 15) is 15.0 Å². The molecule has 136 valence electrons. The lowest BCUT2D eigenvalue weighted by atomic mass is 9.43. The fourth-order valence-electron chi connectivity index (χ4n) is 6.32. The Morgan fingerprint density at radius 3 is 2.50 bits per heavy atom. The van der Waals surface area contributed by atoms with Crippen LogP contribution < -0.4 is 0 Å². The van der Waals surface area contributed by atoms with E-state index in [-0.39, 0.29) is 24.2 Å². The lowest BCUT2D eigenvalue weighted by Crippen LogP contribution is -2.69. The third-order valence-electron chi connectivity index (χ3n) is 7.55. The van der Waals surface area contributed by atoms with Crippen molar-refractivity contribution >= 4 is 5.78 Å². The van der Waals surface area contributed by atoms with Gasteiger partial charge in [0.15, 0.2) is 0 Å². The minimum atomic E-state index is -0.585. The van der Waals surface area contributed by atoms with Crippen molar-refractivity contribution in [2.75, 3.05) is 6.61 Å². The molecule has 0 radical (unpaired) electrons. The molecule has 0 aromatic rings. The van der Waals surface area contributed by atoms with Crippen LogP contribution in [-0.4, -0.2) is 39.9 Å². The second kappa shape index (κ2) is 5.39. The van der Waals surface area contributed by atoms with E-state index >= 15 is 0 Å². The molecule has 3 rings (SSSR count). The second-order valence-corrected chi connectivity index (χ2v) is 9.33. The number of ketones is 1. The van der Waals surface area contributed by atoms with Gasteiger partial charge in [-0.25, -0.2) is 0 Å². The summed E-state index contributed by atoms with van der Waals surface area (Å²) in [6, 6.07) is 0. The standard InChI is InChI=1S/C20H32O4/c1-6-18(3)10-7-14-19(4,24-18)11-13(22)16-17(2,12-21)9-8-15(23)20(14,16)5/h6,14-16,21,23H,1,7-12H2,2-5H3/t14?,15-,16+,17?,18+,19+,20-/m1/s1. The molecular weight excluding hydrogens is 304 g/mol. The number of ether oxygens (including phenoxy) is 1. The number of aliphatic hydroxyl groups excluding tert-OH is 2. The molecule has 3 fully saturated rings. The van der Waals surface area contributed by atoms with Crippen molar-refractivity contribution in [3.05, 3.63) is 12.7 Å². The van der Waals surface area contributed by atoms with Crippen LogP contribution in [0, 0.1) is 22.7 Å². The van der Waals surface area contributed by atoms with E-state index in [1.165, 1.54) is 0 Å². The highest BCUT2D eigenvalue weighted by molar-refractivity contribution is 5.85. The van der Waals surface area contributed by atoms with Crippen LogP contribution in [-0.2, 0) is 9.53 Å². The molecule has 2 unspecified atom stereocenters. The quantitative estimate of drug-likeness (QED) is 0.761. The Balaban J connectivity index is 2.08. The number of rotatable bonds is 2. The van der Waals surface area contributed by atoms with Gasteiger partial charge in [-0.05, 0) is 45.4 Å². The van der Waals surface area contributed by atoms with Gasteiger partial charge in [0.05, 0.1) is 17.3 Å². The zero-order valence-electron chi connectivity index (χ0n) is 15.5. The topological polar surface area (TPSA) is 66.8 Å². The maximum absolute atomic E-state index is 13.2. The van der Waals surface area contributed by atoms with Crippen molar-refractivity contribution in [3.63, 3.8) is 0 Å². The average Bonchev–Trinajstić information content (AvgIpc) is 2.50. The molecule has 0 amide bonds. The van der Waals surface area contributed by atoms with Gasteiger partial charge >= 0.3 is 0 Å². The van der Waals surface area contributed by atoms with Crippen molar-refractivity contribution in [1.29, 1.82) is 0 Å². The zero-order chi connectivity index (χ0) is 18.0. The molecule has 0 spiro atoms. The molecule has 0 aromatic heterocycles. The lowest BCUT2D eigenvalue weighted by Gasteiger charge is -2.65. The van der Waals surface area contributed by atoms with Crippen LogP contribution in [0.2, 0.25) is 0 Å². The molecule has 3 aliphatic rings. The van der Waals surface area contributed by atoms with Crippen molar-refractivity contribution in [2.45, 2.75) is 77.1 Å². The molecular formula is C20H32O4. The van der Waals surface area contributed by atoms with Crippen molar-refractivity contribution in [2.24, 2.45) is 22.7 Å². The number of hydrogen-bond acceptors (Lipinski definition) is 4. The molecule has 2 saturated carbocycles. The van der Waals surface area contributed by atoms with Crippen LogP contribution in [0.1, 0.15) is 59.8 Å². The summed E-state index contributed by atoms with van der Waals surface area (Å²) in [6.07, 6.45) is 4.71. The highest BCUT2D eigenvalue weighted by atomic mass is 16.5. The van der Waals surface area contributed by atoms with Crippen LogP contribution in [0.5, 0.6) is 0 Å². The molecule has 4 nitrogen and oxygen atoms in total. The van der Waals surface area contributed by atoms with Crippen molar-refractivity contribution < 1.29 is 19.7 Å². The van der Waals surface area contributed by atoms with E-state index in [0.717, 1.165) is 12.8 Å². The number of aliphatic hydroxyl groups is 2. The third kappa shape index (κ3) is 2.26. The molecule has 1 aliphatic heterocycles. The summed E-state index contributed by atoms with van der Waals surface area (Å²) in [5, 5.41) is 21.0. The number of fused-ring (bicyclic) bond motifs is 3. The maximum atomic E-state index is 13.2. The molecule has 1 heterocycles. The smallest absolute Gasteiger partial charge is 0.140 e. The van der Waals surface area contributed by atoms with E-state index in [2.05, 4.69) is 13.5 Å². The summed E-state index contributed by atoms with van der Waals surface area (Å²) >= 11 is 0. The largest absolute Gasteiger partial charge is 0.396 e. The molecule has 24 heavy (non-hydrogen) atoms. The first-order valence-electron chi connectivity index (χ1n) is 9.20. The van der Waals surface area contributed by atoms with Crippen molar-refractivity contribution in [3.8, 4) is 0 Å². The van der Waals surface area contributed by atoms with E-state index in [4.69, 9.17) is 4.74 Å². The lowest BCUT2D eigenvalue weighted by molar-refractivity contribution is -0.265. The molecule has 0 aromatic carbocycles. The number of carbonyl (C=O) groups excluding carboxylic acids is 1. The molecule has 4 heteroatoms. The molecule has 0 bridgehead atoms. The first-order valence-corrected chi connectivity index (χ1v) is 9.20. The highest BCUT2D eigenvalue weighted by Gasteiger charge is 2.67. The Hall–Kier alpha value is -0.710. The average molecular weight is 336 g/mol. The van der Waals surface area contributed by atoms with Gasteiger partial charge in [-0.1, -0.05) is 19.9 Å².